The molecule has 0 aromatic rings. The molecule has 3 N–H and O–H groups in total. The topological polar surface area (TPSA) is 237 Å². The van der Waals surface area contributed by atoms with Crippen LogP contribution in [0.3, 0.4) is 0 Å². The highest BCUT2D eigenvalue weighted by atomic mass is 31.2. The van der Waals surface area contributed by atoms with Crippen molar-refractivity contribution in [2.75, 3.05) is 39.6 Å². The van der Waals surface area contributed by atoms with Gasteiger partial charge in [-0.2, -0.15) is 0 Å². The van der Waals surface area contributed by atoms with Crippen LogP contribution in [0.15, 0.2) is 134 Å². The van der Waals surface area contributed by atoms with Gasteiger partial charge in [0.05, 0.1) is 26.4 Å². The molecule has 0 bridgehead atoms. The highest BCUT2D eigenvalue weighted by molar-refractivity contribution is 7.47. The Balaban J connectivity index is 5.41. The molecule has 0 fully saturated rings. The van der Waals surface area contributed by atoms with E-state index in [0.717, 1.165) is 135 Å². The van der Waals surface area contributed by atoms with Crippen LogP contribution in [0, 0.1) is 0 Å². The third-order valence-corrected chi connectivity index (χ3v) is 17.0. The van der Waals surface area contributed by atoms with E-state index in [2.05, 4.69) is 143 Å². The zero-order valence-electron chi connectivity index (χ0n) is 60.9. The number of hydrogen-bond donors (Lipinski definition) is 3. The van der Waals surface area contributed by atoms with Gasteiger partial charge < -0.3 is 33.8 Å². The molecule has 0 amide bonds. The van der Waals surface area contributed by atoms with Crippen molar-refractivity contribution in [3.8, 4) is 0 Å². The summed E-state index contributed by atoms with van der Waals surface area (Å²) in [6, 6.07) is 0. The lowest BCUT2D eigenvalue weighted by Crippen LogP contribution is -2.30. The van der Waals surface area contributed by atoms with Crippen LogP contribution in [0.25, 0.3) is 0 Å². The number of unbranched alkanes of at least 4 members (excludes halogenated alkanes) is 21. The molecule has 0 aliphatic rings. The molecule has 0 aliphatic carbocycles. The largest absolute Gasteiger partial charge is 0.472 e. The summed E-state index contributed by atoms with van der Waals surface area (Å²) in [5.74, 6) is -2.33. The van der Waals surface area contributed by atoms with Crippen molar-refractivity contribution < 1.29 is 80.2 Å². The van der Waals surface area contributed by atoms with E-state index in [1.54, 1.807) is 0 Å². The van der Waals surface area contributed by atoms with Crippen LogP contribution in [-0.4, -0.2) is 96.7 Å². The Bertz CT molecular complexity index is 2380. The van der Waals surface area contributed by atoms with E-state index < -0.39 is 97.5 Å². The molecule has 19 heteroatoms. The summed E-state index contributed by atoms with van der Waals surface area (Å²) >= 11 is 0. The molecule has 98 heavy (non-hydrogen) atoms. The van der Waals surface area contributed by atoms with Gasteiger partial charge >= 0.3 is 39.5 Å². The van der Waals surface area contributed by atoms with Crippen LogP contribution in [-0.2, 0) is 65.4 Å². The molecule has 560 valence electrons. The first kappa shape index (κ1) is 93.2. The third kappa shape index (κ3) is 69.7. The van der Waals surface area contributed by atoms with Gasteiger partial charge in [0, 0.05) is 25.7 Å². The first-order valence-corrected chi connectivity index (χ1v) is 40.4. The molecule has 0 spiro atoms. The first-order chi connectivity index (χ1) is 47.7. The third-order valence-electron chi connectivity index (χ3n) is 15.1. The zero-order chi connectivity index (χ0) is 71.8. The van der Waals surface area contributed by atoms with Crippen LogP contribution in [0.2, 0.25) is 0 Å². The van der Waals surface area contributed by atoms with Crippen molar-refractivity contribution in [1.29, 1.82) is 0 Å². The zero-order valence-corrected chi connectivity index (χ0v) is 62.7. The van der Waals surface area contributed by atoms with Gasteiger partial charge in [-0.15, -0.1) is 0 Å². The number of aliphatic hydroxyl groups is 1. The Hall–Kier alpha value is -4.80. The highest BCUT2D eigenvalue weighted by Gasteiger charge is 2.30. The van der Waals surface area contributed by atoms with E-state index >= 15 is 0 Å². The quantitative estimate of drug-likeness (QED) is 0.0169. The van der Waals surface area contributed by atoms with Crippen molar-refractivity contribution in [2.24, 2.45) is 0 Å². The average Bonchev–Trinajstić information content (AvgIpc) is 1.00. The number of aliphatic hydroxyl groups excluding tert-OH is 1. The van der Waals surface area contributed by atoms with E-state index in [4.69, 9.17) is 37.0 Å². The summed E-state index contributed by atoms with van der Waals surface area (Å²) in [4.78, 5) is 72.7. The Morgan fingerprint density at radius 3 is 0.918 bits per heavy atom. The van der Waals surface area contributed by atoms with Gasteiger partial charge in [0.1, 0.15) is 19.3 Å². The Kier molecular flexibility index (Phi) is 67.2. The minimum Gasteiger partial charge on any atom is -0.462 e. The van der Waals surface area contributed by atoms with Crippen LogP contribution in [0.1, 0.15) is 285 Å². The number of ether oxygens (including phenoxy) is 4. The number of hydrogen-bond acceptors (Lipinski definition) is 15. The van der Waals surface area contributed by atoms with Gasteiger partial charge in [-0.3, -0.25) is 37.3 Å². The summed E-state index contributed by atoms with van der Waals surface area (Å²) in [7, 11) is -9.98. The second kappa shape index (κ2) is 70.6. The van der Waals surface area contributed by atoms with Gasteiger partial charge in [0.15, 0.2) is 12.2 Å². The van der Waals surface area contributed by atoms with E-state index in [1.807, 2.05) is 18.2 Å². The Labute approximate surface area is 593 Å². The van der Waals surface area contributed by atoms with Gasteiger partial charge in [0.25, 0.3) is 0 Å². The normalized spacial score (nSPS) is 14.7. The molecule has 0 aliphatic heterocycles. The predicted octanol–water partition coefficient (Wildman–Crippen LogP) is 21.3. The summed E-state index contributed by atoms with van der Waals surface area (Å²) in [5.41, 5.74) is 0. The summed E-state index contributed by atoms with van der Waals surface area (Å²) in [6.07, 6.45) is 77.6. The van der Waals surface area contributed by atoms with Crippen LogP contribution in [0.5, 0.6) is 0 Å². The first-order valence-electron chi connectivity index (χ1n) is 37.4. The SMILES string of the molecule is CC/C=C\C/C=C\C/C=C\C/C=C\C/C=C\C/C=C\CCC(=O)OCC(COP(=O)(O)OCC(O)COP(=O)(O)OCC(COC(=O)CCCC/C=C\C/C=C\C/C=C\C/C=C\CC)OC(=O)CCCCCCC/C=C\CCCCCC)OC(=O)CCCCCCCCCCCCC. The van der Waals surface area contributed by atoms with Gasteiger partial charge in [-0.05, 0) is 128 Å². The van der Waals surface area contributed by atoms with Gasteiger partial charge in [-0.25, -0.2) is 9.13 Å². The lowest BCUT2D eigenvalue weighted by Gasteiger charge is -2.21. The molecule has 0 saturated carbocycles. The maximum atomic E-state index is 13.1. The van der Waals surface area contributed by atoms with Gasteiger partial charge in [-0.1, -0.05) is 264 Å². The fourth-order valence-electron chi connectivity index (χ4n) is 9.47. The van der Waals surface area contributed by atoms with Crippen LogP contribution < -0.4 is 0 Å². The fraction of sp³-hybridized carbons (Fsp3) is 0.671. The molecule has 0 heterocycles. The standard InChI is InChI=1S/C79H132O17P2/c1-5-9-13-17-21-25-29-32-34-35-36-37-39-42-45-48-52-56-60-64-77(82)89-69-74(95-78(83)65-61-57-53-49-43-28-24-20-16-12-8-4)71-93-97(85,86)91-67-73(80)68-92-98(87,88)94-72-75(96-79(84)66-62-58-54-50-46-40-31-27-23-19-15-11-7-3)70-90-76(81)63-59-55-51-47-44-41-38-33-30-26-22-18-14-10-6-2/h9-10,13-14,21-22,25-27,31-34,36-38,42,44-45,47,52,56,73-75,80H,5-8,11-12,15-20,23-24,28-30,35,39-41,43,46,48-51,53-55,57-72H2,1-4H3,(H,85,86)(H,87,88)/b13-9-,14-10-,25-21-,26-22-,31-27-,34-32-,37-36-,38-33-,45-42-,47-44-,56-52-. The molecule has 0 aromatic carbocycles. The van der Waals surface area contributed by atoms with E-state index in [9.17, 15) is 43.2 Å². The molecular formula is C79H132O17P2. The van der Waals surface area contributed by atoms with Crippen molar-refractivity contribution in [2.45, 2.75) is 303 Å². The minimum atomic E-state index is -4.99. The number of esters is 4. The van der Waals surface area contributed by atoms with E-state index in [0.29, 0.717) is 32.1 Å². The fourth-order valence-corrected chi connectivity index (χ4v) is 11.0. The van der Waals surface area contributed by atoms with Crippen molar-refractivity contribution in [3.63, 3.8) is 0 Å². The lowest BCUT2D eigenvalue weighted by atomic mass is 10.1. The smallest absolute Gasteiger partial charge is 0.462 e. The monoisotopic (exact) mass is 1410 g/mol. The molecular weight excluding hydrogens is 1280 g/mol. The van der Waals surface area contributed by atoms with Crippen molar-refractivity contribution in [3.05, 3.63) is 134 Å². The second-order valence-corrected chi connectivity index (χ2v) is 27.4. The van der Waals surface area contributed by atoms with E-state index in [1.165, 1.54) is 64.2 Å². The molecule has 0 radical (unpaired) electrons. The van der Waals surface area contributed by atoms with Crippen molar-refractivity contribution in [1.82, 2.24) is 0 Å². The maximum Gasteiger partial charge on any atom is 0.472 e. The van der Waals surface area contributed by atoms with E-state index in [-0.39, 0.29) is 25.7 Å². The van der Waals surface area contributed by atoms with Crippen LogP contribution >= 0.6 is 15.6 Å². The summed E-state index contributed by atoms with van der Waals surface area (Å²) < 4.78 is 68.2. The predicted molar refractivity (Wildman–Crippen MR) is 399 cm³/mol. The molecule has 0 rings (SSSR count). The number of phosphoric ester groups is 2. The maximum absolute atomic E-state index is 13.1. The number of allylic oxidation sites excluding steroid dienone is 22. The average molecular weight is 1420 g/mol. The van der Waals surface area contributed by atoms with Crippen molar-refractivity contribution >= 4 is 39.5 Å². The van der Waals surface area contributed by atoms with Crippen LogP contribution in [0.4, 0.5) is 0 Å². The number of rotatable bonds is 69. The number of carbonyl (C=O) groups excluding carboxylic acids is 4. The molecule has 5 atom stereocenters. The molecule has 17 nitrogen and oxygen atoms in total. The van der Waals surface area contributed by atoms with Gasteiger partial charge in [0.2, 0.25) is 0 Å². The lowest BCUT2D eigenvalue weighted by molar-refractivity contribution is -0.161. The highest BCUT2D eigenvalue weighted by Crippen LogP contribution is 2.45. The number of carbonyl (C=O) groups is 4. The summed E-state index contributed by atoms with van der Waals surface area (Å²) in [6.45, 7) is 4.46. The summed E-state index contributed by atoms with van der Waals surface area (Å²) in [5, 5.41) is 10.6. The number of phosphoric acid groups is 2. The second-order valence-electron chi connectivity index (χ2n) is 24.5. The Morgan fingerprint density at radius 1 is 0.296 bits per heavy atom. The molecule has 0 saturated heterocycles. The molecule has 0 aromatic heterocycles. The Morgan fingerprint density at radius 2 is 0.551 bits per heavy atom. The minimum absolute atomic E-state index is 0.0342. The molecule has 5 unspecified atom stereocenters.